The number of carbonyl (C=O) groups excluding carboxylic acids is 1. The van der Waals surface area contributed by atoms with E-state index in [1.807, 2.05) is 17.6 Å². The molecule has 0 aliphatic heterocycles. The molecule has 2 aromatic heterocycles. The molecule has 1 unspecified atom stereocenters. The van der Waals surface area contributed by atoms with Crippen LogP contribution in [0.25, 0.3) is 10.9 Å². The zero-order valence-electron chi connectivity index (χ0n) is 19.4. The van der Waals surface area contributed by atoms with E-state index in [-0.39, 0.29) is 41.8 Å². The summed E-state index contributed by atoms with van der Waals surface area (Å²) in [5, 5.41) is 13.3. The fraction of sp³-hybridized carbons (Fsp3) is 0.423. The number of halogens is 3. The maximum absolute atomic E-state index is 13.5. The smallest absolute Gasteiger partial charge is 0.416 e. The highest BCUT2D eigenvalue weighted by Crippen LogP contribution is 2.67. The predicted octanol–water partition coefficient (Wildman–Crippen LogP) is 5.11. The highest BCUT2D eigenvalue weighted by molar-refractivity contribution is 6.04. The third-order valence-corrected chi connectivity index (χ3v) is 7.85. The van der Waals surface area contributed by atoms with Crippen LogP contribution in [0.4, 0.5) is 13.2 Å². The molecule has 4 atom stereocenters. The van der Waals surface area contributed by atoms with E-state index in [9.17, 15) is 27.9 Å². The van der Waals surface area contributed by atoms with Gasteiger partial charge >= 0.3 is 12.1 Å². The molecule has 1 aromatic carbocycles. The molecule has 2 aliphatic rings. The second-order valence-corrected chi connectivity index (χ2v) is 10.4. The van der Waals surface area contributed by atoms with E-state index in [0.29, 0.717) is 17.5 Å². The van der Waals surface area contributed by atoms with Gasteiger partial charge in [0.1, 0.15) is 0 Å². The first-order valence-electron chi connectivity index (χ1n) is 11.6. The molecule has 1 amide bonds. The van der Waals surface area contributed by atoms with Crippen molar-refractivity contribution in [2.45, 2.75) is 51.4 Å². The molecule has 9 heteroatoms. The summed E-state index contributed by atoms with van der Waals surface area (Å²) in [5.74, 6) is -0.673. The van der Waals surface area contributed by atoms with E-state index < -0.39 is 23.2 Å². The summed E-state index contributed by atoms with van der Waals surface area (Å²) in [7, 11) is 0. The number of pyridine rings is 1. The van der Waals surface area contributed by atoms with E-state index in [1.54, 1.807) is 18.5 Å². The average Bonchev–Trinajstić information content (AvgIpc) is 3.08. The first-order chi connectivity index (χ1) is 16.4. The van der Waals surface area contributed by atoms with E-state index in [0.717, 1.165) is 23.9 Å². The normalized spacial score (nSPS) is 27.6. The number of hydrogen-bond donors (Lipinski definition) is 2. The number of amides is 1. The van der Waals surface area contributed by atoms with Crippen molar-refractivity contribution >= 4 is 22.8 Å². The van der Waals surface area contributed by atoms with E-state index in [1.165, 1.54) is 12.1 Å². The van der Waals surface area contributed by atoms with Gasteiger partial charge in [-0.2, -0.15) is 13.2 Å². The molecule has 6 nitrogen and oxygen atoms in total. The van der Waals surface area contributed by atoms with Crippen LogP contribution in [0.5, 0.6) is 0 Å². The Morgan fingerprint density at radius 2 is 1.91 bits per heavy atom. The Labute approximate surface area is 200 Å². The van der Waals surface area contributed by atoms with E-state index >= 15 is 0 Å². The largest absolute Gasteiger partial charge is 0.481 e. The number of alkyl halides is 3. The molecule has 3 aromatic rings. The van der Waals surface area contributed by atoms with Crippen LogP contribution < -0.4 is 5.32 Å². The standard InChI is InChI=1S/C26H26F3N3O3/c1-15-19-11-24(2,12-20(33)34)14-25(15,19)31-23(35)21-22-17(7-9-30-21)8-10-32(22)13-16-3-5-18(6-4-16)26(27,28)29/h3-10,15,19H,11-14H2,1-2H3,(H,31,35)(H,33,34)/t15-,19+,24-,25?/m0/s1. The Hall–Kier alpha value is -3.36. The third-order valence-electron chi connectivity index (χ3n) is 7.85. The van der Waals surface area contributed by atoms with Gasteiger partial charge in [-0.15, -0.1) is 0 Å². The van der Waals surface area contributed by atoms with Crippen LogP contribution in [-0.4, -0.2) is 32.1 Å². The second kappa shape index (κ2) is 7.83. The molecule has 2 N–H and O–H groups in total. The minimum Gasteiger partial charge on any atom is -0.481 e. The van der Waals surface area contributed by atoms with E-state index in [2.05, 4.69) is 17.2 Å². The molecule has 0 radical (unpaired) electrons. The molecule has 0 bridgehead atoms. The minimum atomic E-state index is -4.40. The number of rotatable bonds is 6. The summed E-state index contributed by atoms with van der Waals surface area (Å²) in [5.41, 5.74) is 0.0182. The van der Waals surface area contributed by atoms with Crippen LogP contribution in [0.1, 0.15) is 54.7 Å². The van der Waals surface area contributed by atoms with Crippen LogP contribution in [0, 0.1) is 17.3 Å². The number of aliphatic carboxylic acids is 1. The fourth-order valence-corrected chi connectivity index (χ4v) is 6.15. The molecule has 35 heavy (non-hydrogen) atoms. The van der Waals surface area contributed by atoms with Crippen LogP contribution in [0.3, 0.4) is 0 Å². The van der Waals surface area contributed by atoms with E-state index in [4.69, 9.17) is 0 Å². The zero-order chi connectivity index (χ0) is 25.2. The lowest BCUT2D eigenvalue weighted by molar-refractivity contribution is -0.140. The van der Waals surface area contributed by atoms with Gasteiger partial charge in [-0.3, -0.25) is 9.59 Å². The molecule has 5 rings (SSSR count). The molecule has 2 aliphatic carbocycles. The lowest BCUT2D eigenvalue weighted by Gasteiger charge is -2.28. The van der Waals surface area contributed by atoms with Crippen molar-refractivity contribution in [3.63, 3.8) is 0 Å². The summed E-state index contributed by atoms with van der Waals surface area (Å²) in [6.45, 7) is 4.32. The van der Waals surface area contributed by atoms with Crippen molar-refractivity contribution in [2.24, 2.45) is 17.3 Å². The summed E-state index contributed by atoms with van der Waals surface area (Å²) < 4.78 is 40.5. The number of carbonyl (C=O) groups is 2. The second-order valence-electron chi connectivity index (χ2n) is 10.4. The first-order valence-corrected chi connectivity index (χ1v) is 11.6. The topological polar surface area (TPSA) is 84.2 Å². The molecule has 2 saturated carbocycles. The molecular weight excluding hydrogens is 459 g/mol. The van der Waals surface area contributed by atoms with Crippen LogP contribution >= 0.6 is 0 Å². The van der Waals surface area contributed by atoms with Gasteiger partial charge in [-0.25, -0.2) is 4.98 Å². The number of hydrogen-bond acceptors (Lipinski definition) is 3. The lowest BCUT2D eigenvalue weighted by atomic mass is 9.80. The number of nitrogens with one attached hydrogen (secondary N) is 1. The molecule has 2 fully saturated rings. The Kier molecular flexibility index (Phi) is 5.23. The summed E-state index contributed by atoms with van der Waals surface area (Å²) in [6.07, 6.45) is 0.383. The number of aromatic nitrogens is 2. The van der Waals surface area contributed by atoms with Crippen molar-refractivity contribution in [1.29, 1.82) is 0 Å². The predicted molar refractivity (Wildman–Crippen MR) is 123 cm³/mol. The minimum absolute atomic E-state index is 0.0671. The molecular formula is C26H26F3N3O3. The van der Waals surface area contributed by atoms with Crippen LogP contribution in [0.2, 0.25) is 0 Å². The summed E-state index contributed by atoms with van der Waals surface area (Å²) >= 11 is 0. The Morgan fingerprint density at radius 1 is 1.20 bits per heavy atom. The fourth-order valence-electron chi connectivity index (χ4n) is 6.15. The average molecular weight is 486 g/mol. The molecule has 184 valence electrons. The highest BCUT2D eigenvalue weighted by Gasteiger charge is 2.70. The molecule has 0 spiro atoms. The summed E-state index contributed by atoms with van der Waals surface area (Å²) in [4.78, 5) is 29.1. The number of fused-ring (bicyclic) bond motifs is 2. The Balaban J connectivity index is 1.40. The number of carboxylic acid groups (broad SMARTS) is 1. The monoisotopic (exact) mass is 485 g/mol. The van der Waals surface area contributed by atoms with Gasteiger partial charge in [-0.05, 0) is 59.9 Å². The van der Waals surface area contributed by atoms with Crippen LogP contribution in [-0.2, 0) is 17.5 Å². The maximum Gasteiger partial charge on any atom is 0.416 e. The first kappa shape index (κ1) is 23.4. The number of nitrogens with zero attached hydrogens (tertiary/aromatic N) is 2. The van der Waals surface area contributed by atoms with Crippen molar-refractivity contribution < 1.29 is 27.9 Å². The molecule has 0 saturated heterocycles. The van der Waals surface area contributed by atoms with Gasteiger partial charge in [0.15, 0.2) is 5.69 Å². The highest BCUT2D eigenvalue weighted by atomic mass is 19.4. The SMILES string of the molecule is C[C@H]1[C@H]2C[C@@](C)(CC(=O)O)CC21NC(=O)c1nccc2ccn(Cc3ccc(C(F)(F)F)cc3)c12. The van der Waals surface area contributed by atoms with Gasteiger partial charge < -0.3 is 15.0 Å². The maximum atomic E-state index is 13.5. The van der Waals surface area contributed by atoms with Crippen molar-refractivity contribution in [3.8, 4) is 0 Å². The number of carboxylic acids is 1. The van der Waals surface area contributed by atoms with Crippen molar-refractivity contribution in [2.75, 3.05) is 0 Å². The van der Waals surface area contributed by atoms with Gasteiger partial charge in [0.2, 0.25) is 0 Å². The Bertz CT molecular complexity index is 1320. The number of benzene rings is 1. The third kappa shape index (κ3) is 4.06. The summed E-state index contributed by atoms with van der Waals surface area (Å²) in [6, 6.07) is 8.60. The van der Waals surface area contributed by atoms with Crippen molar-refractivity contribution in [1.82, 2.24) is 14.9 Å². The zero-order valence-corrected chi connectivity index (χ0v) is 19.4. The van der Waals surface area contributed by atoms with Crippen molar-refractivity contribution in [3.05, 3.63) is 65.6 Å². The Morgan fingerprint density at radius 3 is 2.57 bits per heavy atom. The van der Waals surface area contributed by atoms with Gasteiger partial charge in [0, 0.05) is 29.9 Å². The van der Waals surface area contributed by atoms with Gasteiger partial charge in [0.25, 0.3) is 5.91 Å². The lowest BCUT2D eigenvalue weighted by Crippen LogP contribution is -2.41. The molecule has 2 heterocycles. The quantitative estimate of drug-likeness (QED) is 0.508. The van der Waals surface area contributed by atoms with Gasteiger partial charge in [0.05, 0.1) is 17.5 Å². The van der Waals surface area contributed by atoms with Crippen LogP contribution in [0.15, 0.2) is 48.8 Å². The van der Waals surface area contributed by atoms with Gasteiger partial charge in [-0.1, -0.05) is 26.0 Å².